The number of rotatable bonds is 4. The maximum Gasteiger partial charge on any atom is 0.0934 e. The van der Waals surface area contributed by atoms with Crippen molar-refractivity contribution < 1.29 is 0 Å². The molecule has 2 nitrogen and oxygen atoms in total. The quantitative estimate of drug-likeness (QED) is 0.486. The maximum atomic E-state index is 5.59. The van der Waals surface area contributed by atoms with E-state index in [1.54, 1.807) is 0 Å². The van der Waals surface area contributed by atoms with E-state index in [1.807, 2.05) is 6.92 Å². The van der Waals surface area contributed by atoms with Gasteiger partial charge in [-0.15, -0.1) is 0 Å². The van der Waals surface area contributed by atoms with Crippen LogP contribution in [0.2, 0.25) is 0 Å². The van der Waals surface area contributed by atoms with Crippen molar-refractivity contribution in [3.8, 4) is 0 Å². The van der Waals surface area contributed by atoms with Crippen LogP contribution in [0.3, 0.4) is 0 Å². The summed E-state index contributed by atoms with van der Waals surface area (Å²) in [7, 11) is 0. The first kappa shape index (κ1) is 8.57. The van der Waals surface area contributed by atoms with Gasteiger partial charge in [0.15, 0.2) is 0 Å². The van der Waals surface area contributed by atoms with Crippen molar-refractivity contribution in [2.45, 2.75) is 33.1 Å². The summed E-state index contributed by atoms with van der Waals surface area (Å²) in [5.41, 5.74) is 5.59. The zero-order valence-electron chi connectivity index (χ0n) is 7.51. The van der Waals surface area contributed by atoms with Crippen LogP contribution in [0.25, 0.3) is 0 Å². The third-order valence-electron chi connectivity index (χ3n) is 2.37. The summed E-state index contributed by atoms with van der Waals surface area (Å²) in [5, 5.41) is 0. The second kappa shape index (κ2) is 3.74. The van der Waals surface area contributed by atoms with E-state index in [4.69, 9.17) is 5.73 Å². The van der Waals surface area contributed by atoms with Crippen molar-refractivity contribution in [3.63, 3.8) is 0 Å². The summed E-state index contributed by atoms with van der Waals surface area (Å²) >= 11 is 0. The highest BCUT2D eigenvalue weighted by molar-refractivity contribution is 5.79. The highest BCUT2D eigenvalue weighted by Crippen LogP contribution is 2.36. The zero-order valence-corrected chi connectivity index (χ0v) is 7.51. The zero-order chi connectivity index (χ0) is 8.27. The van der Waals surface area contributed by atoms with E-state index in [9.17, 15) is 0 Å². The molecule has 0 radical (unpaired) electrons. The SMILES string of the molecule is CCC(N)=NCC(C)C1CC1. The second-order valence-electron chi connectivity index (χ2n) is 3.50. The van der Waals surface area contributed by atoms with Crippen molar-refractivity contribution in [1.82, 2.24) is 0 Å². The third-order valence-corrected chi connectivity index (χ3v) is 2.37. The average molecular weight is 154 g/mol. The van der Waals surface area contributed by atoms with Gasteiger partial charge in [-0.25, -0.2) is 0 Å². The van der Waals surface area contributed by atoms with Gasteiger partial charge in [-0.2, -0.15) is 0 Å². The Balaban J connectivity index is 2.18. The predicted molar refractivity (Wildman–Crippen MR) is 48.7 cm³/mol. The Morgan fingerprint density at radius 2 is 2.27 bits per heavy atom. The summed E-state index contributed by atoms with van der Waals surface area (Å²) < 4.78 is 0. The Labute approximate surface area is 68.9 Å². The molecule has 64 valence electrons. The molecule has 1 atom stereocenters. The molecule has 1 rings (SSSR count). The van der Waals surface area contributed by atoms with Crippen LogP contribution in [0.5, 0.6) is 0 Å². The molecule has 1 saturated carbocycles. The van der Waals surface area contributed by atoms with Gasteiger partial charge in [0.05, 0.1) is 5.84 Å². The van der Waals surface area contributed by atoms with Gasteiger partial charge in [-0.3, -0.25) is 4.99 Å². The number of hydrogen-bond acceptors (Lipinski definition) is 1. The first-order chi connectivity index (χ1) is 5.24. The van der Waals surface area contributed by atoms with Crippen LogP contribution in [0.15, 0.2) is 4.99 Å². The van der Waals surface area contributed by atoms with E-state index in [0.29, 0.717) is 0 Å². The molecule has 0 aromatic rings. The molecule has 11 heavy (non-hydrogen) atoms. The Hall–Kier alpha value is -0.530. The molecular formula is C9H18N2. The molecule has 0 aromatic carbocycles. The van der Waals surface area contributed by atoms with Crippen LogP contribution in [0, 0.1) is 11.8 Å². The van der Waals surface area contributed by atoms with Crippen LogP contribution < -0.4 is 5.73 Å². The molecule has 0 heterocycles. The highest BCUT2D eigenvalue weighted by atomic mass is 14.8. The van der Waals surface area contributed by atoms with Crippen LogP contribution in [0.1, 0.15) is 33.1 Å². The number of aliphatic imine (C=N–C) groups is 1. The van der Waals surface area contributed by atoms with E-state index in [0.717, 1.165) is 30.6 Å². The predicted octanol–water partition coefficient (Wildman–Crippen LogP) is 1.80. The maximum absolute atomic E-state index is 5.59. The average Bonchev–Trinajstić information content (AvgIpc) is 2.81. The van der Waals surface area contributed by atoms with Gasteiger partial charge < -0.3 is 5.73 Å². The summed E-state index contributed by atoms with van der Waals surface area (Å²) in [6, 6.07) is 0. The van der Waals surface area contributed by atoms with Crippen LogP contribution >= 0.6 is 0 Å². The molecule has 0 aromatic heterocycles. The van der Waals surface area contributed by atoms with E-state index < -0.39 is 0 Å². The van der Waals surface area contributed by atoms with Gasteiger partial charge in [0, 0.05) is 13.0 Å². The van der Waals surface area contributed by atoms with Gasteiger partial charge in [0.25, 0.3) is 0 Å². The second-order valence-corrected chi connectivity index (χ2v) is 3.50. The molecule has 2 heteroatoms. The number of amidine groups is 1. The molecule has 1 fully saturated rings. The van der Waals surface area contributed by atoms with E-state index in [-0.39, 0.29) is 0 Å². The van der Waals surface area contributed by atoms with Crippen molar-refractivity contribution in [3.05, 3.63) is 0 Å². The lowest BCUT2D eigenvalue weighted by Gasteiger charge is -2.05. The van der Waals surface area contributed by atoms with Crippen molar-refractivity contribution >= 4 is 5.84 Å². The standard InChI is InChI=1S/C9H18N2/c1-3-9(10)11-6-7(2)8-4-5-8/h7-8H,3-6H2,1-2H3,(H2,10,11). The molecule has 0 spiro atoms. The Morgan fingerprint density at radius 3 is 2.73 bits per heavy atom. The van der Waals surface area contributed by atoms with Gasteiger partial charge >= 0.3 is 0 Å². The lowest BCUT2D eigenvalue weighted by atomic mass is 10.1. The lowest BCUT2D eigenvalue weighted by Crippen LogP contribution is -2.13. The number of hydrogen-bond donors (Lipinski definition) is 1. The minimum Gasteiger partial charge on any atom is -0.387 e. The first-order valence-electron chi connectivity index (χ1n) is 4.52. The molecular weight excluding hydrogens is 136 g/mol. The Morgan fingerprint density at radius 1 is 1.64 bits per heavy atom. The molecule has 0 amide bonds. The summed E-state index contributed by atoms with van der Waals surface area (Å²) in [6.45, 7) is 5.25. The Bertz CT molecular complexity index is 148. The molecule has 1 aliphatic carbocycles. The molecule has 0 bridgehead atoms. The topological polar surface area (TPSA) is 38.4 Å². The molecule has 0 aliphatic heterocycles. The summed E-state index contributed by atoms with van der Waals surface area (Å²) in [6.07, 6.45) is 3.70. The fourth-order valence-electron chi connectivity index (χ4n) is 1.19. The van der Waals surface area contributed by atoms with Crippen LogP contribution in [-0.4, -0.2) is 12.4 Å². The van der Waals surface area contributed by atoms with Gasteiger partial charge in [-0.1, -0.05) is 13.8 Å². The third kappa shape index (κ3) is 2.91. The fourth-order valence-corrected chi connectivity index (χ4v) is 1.19. The number of nitrogens with zero attached hydrogens (tertiary/aromatic N) is 1. The van der Waals surface area contributed by atoms with Gasteiger partial charge in [0.2, 0.25) is 0 Å². The first-order valence-corrected chi connectivity index (χ1v) is 4.52. The molecule has 1 aliphatic rings. The molecule has 0 saturated heterocycles. The monoisotopic (exact) mass is 154 g/mol. The van der Waals surface area contributed by atoms with Crippen LogP contribution in [0.4, 0.5) is 0 Å². The van der Waals surface area contributed by atoms with Crippen molar-refractivity contribution in [2.24, 2.45) is 22.6 Å². The summed E-state index contributed by atoms with van der Waals surface area (Å²) in [4.78, 5) is 4.30. The van der Waals surface area contributed by atoms with Gasteiger partial charge in [0.1, 0.15) is 0 Å². The van der Waals surface area contributed by atoms with E-state index in [2.05, 4.69) is 11.9 Å². The van der Waals surface area contributed by atoms with E-state index in [1.165, 1.54) is 12.8 Å². The normalized spacial score (nSPS) is 21.8. The lowest BCUT2D eigenvalue weighted by molar-refractivity contribution is 0.522. The van der Waals surface area contributed by atoms with Crippen molar-refractivity contribution in [2.75, 3.05) is 6.54 Å². The molecule has 1 unspecified atom stereocenters. The minimum atomic E-state index is 0.750. The summed E-state index contributed by atoms with van der Waals surface area (Å²) in [5.74, 6) is 2.50. The highest BCUT2D eigenvalue weighted by Gasteiger charge is 2.27. The van der Waals surface area contributed by atoms with Gasteiger partial charge in [-0.05, 0) is 24.7 Å². The molecule has 2 N–H and O–H groups in total. The van der Waals surface area contributed by atoms with E-state index >= 15 is 0 Å². The minimum absolute atomic E-state index is 0.750. The number of nitrogens with two attached hydrogens (primary N) is 1. The fraction of sp³-hybridized carbons (Fsp3) is 0.889. The van der Waals surface area contributed by atoms with Crippen molar-refractivity contribution in [1.29, 1.82) is 0 Å². The smallest absolute Gasteiger partial charge is 0.0934 e. The largest absolute Gasteiger partial charge is 0.387 e. The Kier molecular flexibility index (Phi) is 2.92. The van der Waals surface area contributed by atoms with Crippen LogP contribution in [-0.2, 0) is 0 Å².